The summed E-state index contributed by atoms with van der Waals surface area (Å²) in [6, 6.07) is 14.2. The van der Waals surface area contributed by atoms with Crippen molar-refractivity contribution in [3.05, 3.63) is 71.4 Å². The summed E-state index contributed by atoms with van der Waals surface area (Å²) in [5, 5.41) is 4.82. The minimum atomic E-state index is -0.734. The van der Waals surface area contributed by atoms with Crippen LogP contribution in [0, 0.1) is 0 Å². The largest absolute Gasteiger partial charge is 0.444 e. The van der Waals surface area contributed by atoms with Gasteiger partial charge in [-0.2, -0.15) is 0 Å². The first kappa shape index (κ1) is 26.5. The Bertz CT molecular complexity index is 1420. The molecule has 204 valence electrons. The Kier molecular flexibility index (Phi) is 7.16. The monoisotopic (exact) mass is 529 g/mol. The highest BCUT2D eigenvalue weighted by Crippen LogP contribution is 2.29. The number of nitrogens with zero attached hydrogens (tertiary/aromatic N) is 3. The normalized spacial score (nSPS) is 19.1. The number of anilines is 1. The van der Waals surface area contributed by atoms with Gasteiger partial charge in [0.05, 0.1) is 6.54 Å². The van der Waals surface area contributed by atoms with Crippen molar-refractivity contribution in [2.24, 2.45) is 0 Å². The van der Waals surface area contributed by atoms with E-state index in [1.165, 1.54) is 4.90 Å². The van der Waals surface area contributed by atoms with Crippen molar-refractivity contribution in [2.45, 2.75) is 70.8 Å². The first-order valence-electron chi connectivity index (χ1n) is 13.4. The number of hydrogen-bond donors (Lipinski definition) is 2. The quantitative estimate of drug-likeness (QED) is 0.531. The average Bonchev–Trinajstić information content (AvgIpc) is 3.40. The third kappa shape index (κ3) is 5.67. The molecule has 9 heteroatoms. The van der Waals surface area contributed by atoms with Gasteiger partial charge >= 0.3 is 6.09 Å². The summed E-state index contributed by atoms with van der Waals surface area (Å²) in [5.74, 6) is 0.0471. The van der Waals surface area contributed by atoms with E-state index in [0.29, 0.717) is 31.7 Å². The second kappa shape index (κ2) is 10.6. The number of carbonyl (C=O) groups excluding carboxylic acids is 3. The number of nitrogen functional groups attached to an aromatic ring is 1. The SMILES string of the molecule is CC(C)(C)OC(=O)N1Cc2ccccc2CC1C(=O)N1CCC[C@@H]1C(=O)NCc1ccc2c(N)nccc2c1. The molecule has 1 fully saturated rings. The summed E-state index contributed by atoms with van der Waals surface area (Å²) in [6.07, 6.45) is 2.82. The van der Waals surface area contributed by atoms with Gasteiger partial charge < -0.3 is 20.7 Å². The van der Waals surface area contributed by atoms with E-state index in [0.717, 1.165) is 33.9 Å². The summed E-state index contributed by atoms with van der Waals surface area (Å²) in [4.78, 5) is 47.7. The van der Waals surface area contributed by atoms with E-state index in [9.17, 15) is 14.4 Å². The lowest BCUT2D eigenvalue weighted by atomic mass is 9.93. The Morgan fingerprint density at radius 2 is 1.82 bits per heavy atom. The first-order valence-corrected chi connectivity index (χ1v) is 13.4. The van der Waals surface area contributed by atoms with Crippen LogP contribution < -0.4 is 11.1 Å². The van der Waals surface area contributed by atoms with E-state index in [-0.39, 0.29) is 18.4 Å². The lowest BCUT2D eigenvalue weighted by molar-refractivity contribution is -0.143. The summed E-state index contributed by atoms with van der Waals surface area (Å²) in [6.45, 7) is 6.51. The number of ether oxygens (including phenoxy) is 1. The fourth-order valence-corrected chi connectivity index (χ4v) is 5.42. The van der Waals surface area contributed by atoms with E-state index >= 15 is 0 Å². The van der Waals surface area contributed by atoms with E-state index in [2.05, 4.69) is 10.3 Å². The Hall–Kier alpha value is -4.14. The number of benzene rings is 2. The van der Waals surface area contributed by atoms with Crippen LogP contribution in [-0.2, 0) is 33.8 Å². The third-order valence-electron chi connectivity index (χ3n) is 7.33. The lowest BCUT2D eigenvalue weighted by Gasteiger charge is -2.39. The van der Waals surface area contributed by atoms with Crippen LogP contribution in [-0.4, -0.2) is 56.9 Å². The Labute approximate surface area is 228 Å². The van der Waals surface area contributed by atoms with Crippen molar-refractivity contribution in [3.63, 3.8) is 0 Å². The van der Waals surface area contributed by atoms with Gasteiger partial charge in [0.1, 0.15) is 23.5 Å². The molecule has 39 heavy (non-hydrogen) atoms. The molecule has 3 amide bonds. The zero-order valence-electron chi connectivity index (χ0n) is 22.6. The minimum Gasteiger partial charge on any atom is -0.444 e. The average molecular weight is 530 g/mol. The zero-order chi connectivity index (χ0) is 27.7. The maximum atomic E-state index is 13.9. The summed E-state index contributed by atoms with van der Waals surface area (Å²) >= 11 is 0. The van der Waals surface area contributed by atoms with E-state index < -0.39 is 23.8 Å². The maximum Gasteiger partial charge on any atom is 0.411 e. The molecule has 1 aromatic heterocycles. The molecule has 2 atom stereocenters. The number of amides is 3. The third-order valence-corrected chi connectivity index (χ3v) is 7.33. The van der Waals surface area contributed by atoms with Crippen LogP contribution >= 0.6 is 0 Å². The smallest absolute Gasteiger partial charge is 0.411 e. The van der Waals surface area contributed by atoms with Gasteiger partial charge in [-0.3, -0.25) is 14.5 Å². The van der Waals surface area contributed by atoms with Gasteiger partial charge in [-0.05, 0) is 67.8 Å². The van der Waals surface area contributed by atoms with Gasteiger partial charge in [0.25, 0.3) is 0 Å². The van der Waals surface area contributed by atoms with Gasteiger partial charge in [0.15, 0.2) is 0 Å². The molecule has 3 N–H and O–H groups in total. The van der Waals surface area contributed by atoms with Crippen molar-refractivity contribution >= 4 is 34.5 Å². The Balaban J connectivity index is 1.31. The number of aromatic nitrogens is 1. The number of hydrogen-bond acceptors (Lipinski definition) is 6. The molecule has 2 aliphatic heterocycles. The van der Waals surface area contributed by atoms with Gasteiger partial charge in [0, 0.05) is 31.1 Å². The molecule has 0 saturated carbocycles. The molecule has 0 spiro atoms. The molecule has 0 bridgehead atoms. The fraction of sp³-hybridized carbons (Fsp3) is 0.400. The number of fused-ring (bicyclic) bond motifs is 2. The predicted molar refractivity (Wildman–Crippen MR) is 148 cm³/mol. The van der Waals surface area contributed by atoms with E-state index in [1.54, 1.807) is 11.1 Å². The summed E-state index contributed by atoms with van der Waals surface area (Å²) < 4.78 is 5.66. The van der Waals surface area contributed by atoms with Crippen LogP contribution in [0.1, 0.15) is 50.3 Å². The van der Waals surface area contributed by atoms with Crippen LogP contribution in [0.3, 0.4) is 0 Å². The number of pyridine rings is 1. The van der Waals surface area contributed by atoms with Crippen LogP contribution in [0.4, 0.5) is 10.6 Å². The molecular formula is C30H35N5O4. The Morgan fingerprint density at radius 1 is 1.05 bits per heavy atom. The molecule has 3 aromatic rings. The second-order valence-electron chi connectivity index (χ2n) is 11.3. The van der Waals surface area contributed by atoms with Gasteiger partial charge in [-0.15, -0.1) is 0 Å². The van der Waals surface area contributed by atoms with Crippen LogP contribution in [0.15, 0.2) is 54.7 Å². The number of carbonyl (C=O) groups is 3. The molecule has 1 saturated heterocycles. The van der Waals surface area contributed by atoms with Crippen molar-refractivity contribution < 1.29 is 19.1 Å². The molecule has 3 heterocycles. The summed E-state index contributed by atoms with van der Waals surface area (Å²) in [5.41, 5.74) is 8.21. The van der Waals surface area contributed by atoms with Crippen LogP contribution in [0.2, 0.25) is 0 Å². The highest BCUT2D eigenvalue weighted by Gasteiger charge is 2.43. The van der Waals surface area contributed by atoms with Crippen LogP contribution in [0.25, 0.3) is 10.8 Å². The van der Waals surface area contributed by atoms with E-state index in [4.69, 9.17) is 10.5 Å². The minimum absolute atomic E-state index is 0.199. The molecule has 1 unspecified atom stereocenters. The van der Waals surface area contributed by atoms with Gasteiger partial charge in [-0.1, -0.05) is 36.4 Å². The molecular weight excluding hydrogens is 494 g/mol. The van der Waals surface area contributed by atoms with Crippen LogP contribution in [0.5, 0.6) is 0 Å². The molecule has 2 aliphatic rings. The Morgan fingerprint density at radius 3 is 2.59 bits per heavy atom. The maximum absolute atomic E-state index is 13.9. The number of likely N-dealkylation sites (tertiary alicyclic amines) is 1. The number of nitrogens with two attached hydrogens (primary N) is 1. The number of rotatable bonds is 4. The van der Waals surface area contributed by atoms with Crippen molar-refractivity contribution in [1.29, 1.82) is 0 Å². The standard InChI is InChI=1S/C30H35N5O4/c1-30(2,3)39-29(38)35-18-22-8-5-4-7-20(22)16-25(35)28(37)34-14-6-9-24(34)27(36)33-17-19-10-11-23-21(15-19)12-13-32-26(23)31/h4-5,7-8,10-13,15,24-25H,6,9,14,16-18H2,1-3H3,(H2,31,32)(H,33,36)/t24-,25?/m1/s1. The van der Waals surface area contributed by atoms with Gasteiger partial charge in [-0.25, -0.2) is 9.78 Å². The van der Waals surface area contributed by atoms with Crippen molar-refractivity contribution in [3.8, 4) is 0 Å². The predicted octanol–water partition coefficient (Wildman–Crippen LogP) is 3.79. The van der Waals surface area contributed by atoms with E-state index in [1.807, 2.05) is 69.3 Å². The van der Waals surface area contributed by atoms with Crippen molar-refractivity contribution in [2.75, 3.05) is 12.3 Å². The molecule has 9 nitrogen and oxygen atoms in total. The lowest BCUT2D eigenvalue weighted by Crippen LogP contribution is -2.57. The highest BCUT2D eigenvalue weighted by molar-refractivity contribution is 5.93. The van der Waals surface area contributed by atoms with Crippen molar-refractivity contribution in [1.82, 2.24) is 20.1 Å². The highest BCUT2D eigenvalue weighted by atomic mass is 16.6. The molecule has 5 rings (SSSR count). The van der Waals surface area contributed by atoms with Gasteiger partial charge in [0.2, 0.25) is 11.8 Å². The zero-order valence-corrected chi connectivity index (χ0v) is 22.6. The topological polar surface area (TPSA) is 118 Å². The molecule has 2 aromatic carbocycles. The molecule has 0 radical (unpaired) electrons. The first-order chi connectivity index (χ1) is 18.6. The second-order valence-corrected chi connectivity index (χ2v) is 11.3. The molecule has 0 aliphatic carbocycles. The number of nitrogens with one attached hydrogen (secondary N) is 1. The summed E-state index contributed by atoms with van der Waals surface area (Å²) in [7, 11) is 0. The fourth-order valence-electron chi connectivity index (χ4n) is 5.42.